The number of nitrogens with one attached hydrogen (secondary N) is 1. The zero-order chi connectivity index (χ0) is 8.59. The first-order chi connectivity index (χ1) is 5.04. The van der Waals surface area contributed by atoms with Crippen LogP contribution in [0.3, 0.4) is 0 Å². The fourth-order valence-corrected chi connectivity index (χ4v) is 1.31. The van der Waals surface area contributed by atoms with Gasteiger partial charge in [-0.25, -0.2) is 0 Å². The van der Waals surface area contributed by atoms with Crippen molar-refractivity contribution in [2.24, 2.45) is 5.73 Å². The van der Waals surface area contributed by atoms with Crippen LogP contribution in [0.25, 0.3) is 0 Å². The van der Waals surface area contributed by atoms with Crippen molar-refractivity contribution in [2.45, 2.75) is 6.92 Å². The molecule has 0 bridgehead atoms. The summed E-state index contributed by atoms with van der Waals surface area (Å²) < 4.78 is 0.397. The number of rotatable bonds is 0. The van der Waals surface area contributed by atoms with Crippen LogP contribution in [-0.4, -0.2) is 11.5 Å². The maximum Gasteiger partial charge on any atom is 0.219 e. The molecule has 0 aliphatic heterocycles. The van der Waals surface area contributed by atoms with E-state index in [1.165, 1.54) is 0 Å². The molecule has 1 aliphatic carbocycles. The van der Waals surface area contributed by atoms with Crippen LogP contribution < -0.4 is 5.73 Å². The molecule has 0 aromatic rings. The van der Waals surface area contributed by atoms with Crippen molar-refractivity contribution >= 4 is 27.4 Å². The van der Waals surface area contributed by atoms with Crippen LogP contribution in [0.5, 0.6) is 0 Å². The number of Topliss-reactive ketones (excluding diaryl/α,β-unsaturated/α-hetero) is 1. The summed E-state index contributed by atoms with van der Waals surface area (Å²) in [6.07, 6.45) is 1.62. The third-order valence-electron chi connectivity index (χ3n) is 1.48. The van der Waals surface area contributed by atoms with Gasteiger partial charge in [0.25, 0.3) is 0 Å². The zero-order valence-electron chi connectivity index (χ0n) is 5.94. The van der Waals surface area contributed by atoms with Gasteiger partial charge in [-0.2, -0.15) is 0 Å². The molecule has 4 heteroatoms. The fourth-order valence-electron chi connectivity index (χ4n) is 0.772. The number of halogens is 1. The van der Waals surface area contributed by atoms with Crippen LogP contribution in [-0.2, 0) is 4.79 Å². The average Bonchev–Trinajstić information content (AvgIpc) is 1.97. The van der Waals surface area contributed by atoms with Crippen LogP contribution in [0.15, 0.2) is 21.8 Å². The van der Waals surface area contributed by atoms with Crippen molar-refractivity contribution in [3.63, 3.8) is 0 Å². The van der Waals surface area contributed by atoms with Crippen LogP contribution in [0.2, 0.25) is 0 Å². The predicted molar refractivity (Wildman–Crippen MR) is 46.6 cm³/mol. The van der Waals surface area contributed by atoms with Crippen molar-refractivity contribution in [1.29, 1.82) is 5.41 Å². The monoisotopic (exact) mass is 214 g/mol. The van der Waals surface area contributed by atoms with Gasteiger partial charge in [0.05, 0.1) is 10.2 Å². The lowest BCUT2D eigenvalue weighted by atomic mass is 10.0. The highest BCUT2D eigenvalue weighted by atomic mass is 79.9. The lowest BCUT2D eigenvalue weighted by Crippen LogP contribution is -2.24. The molecular weight excluding hydrogens is 208 g/mol. The van der Waals surface area contributed by atoms with Crippen LogP contribution in [0.4, 0.5) is 0 Å². The first-order valence-corrected chi connectivity index (χ1v) is 3.80. The molecule has 58 valence electrons. The molecule has 0 spiro atoms. The maximum atomic E-state index is 11.0. The minimum absolute atomic E-state index is 0.128. The van der Waals surface area contributed by atoms with Crippen molar-refractivity contribution in [2.75, 3.05) is 0 Å². The summed E-state index contributed by atoms with van der Waals surface area (Å²) in [5.41, 5.74) is 6.33. The molecule has 1 aliphatic rings. The van der Waals surface area contributed by atoms with E-state index in [0.717, 1.165) is 5.57 Å². The van der Waals surface area contributed by atoms with Gasteiger partial charge in [0.2, 0.25) is 5.78 Å². The molecule has 0 aromatic heterocycles. The first-order valence-electron chi connectivity index (χ1n) is 3.01. The van der Waals surface area contributed by atoms with Gasteiger partial charge in [-0.05, 0) is 34.5 Å². The summed E-state index contributed by atoms with van der Waals surface area (Å²) in [5, 5.41) is 7.26. The second kappa shape index (κ2) is 2.62. The first kappa shape index (κ1) is 8.20. The molecule has 11 heavy (non-hydrogen) atoms. The third kappa shape index (κ3) is 1.26. The van der Waals surface area contributed by atoms with Crippen LogP contribution >= 0.6 is 15.9 Å². The molecule has 1 rings (SSSR count). The van der Waals surface area contributed by atoms with Gasteiger partial charge in [0.15, 0.2) is 0 Å². The van der Waals surface area contributed by atoms with Crippen molar-refractivity contribution in [1.82, 2.24) is 0 Å². The van der Waals surface area contributed by atoms with Crippen LogP contribution in [0.1, 0.15) is 6.92 Å². The van der Waals surface area contributed by atoms with Crippen molar-refractivity contribution in [3.8, 4) is 0 Å². The van der Waals surface area contributed by atoms with Gasteiger partial charge < -0.3 is 5.73 Å². The molecule has 0 heterocycles. The molecular formula is C7H7BrN2O. The van der Waals surface area contributed by atoms with E-state index in [1.54, 1.807) is 13.0 Å². The summed E-state index contributed by atoms with van der Waals surface area (Å²) >= 11 is 3.04. The molecule has 0 aromatic carbocycles. The molecule has 0 amide bonds. The van der Waals surface area contributed by atoms with Crippen LogP contribution in [0, 0.1) is 5.41 Å². The highest BCUT2D eigenvalue weighted by Gasteiger charge is 2.20. The van der Waals surface area contributed by atoms with E-state index >= 15 is 0 Å². The highest BCUT2D eigenvalue weighted by Crippen LogP contribution is 2.19. The quantitative estimate of drug-likeness (QED) is 0.594. The lowest BCUT2D eigenvalue weighted by Gasteiger charge is -2.10. The van der Waals surface area contributed by atoms with E-state index in [4.69, 9.17) is 11.1 Å². The van der Waals surface area contributed by atoms with Gasteiger partial charge in [-0.1, -0.05) is 0 Å². The number of carbonyl (C=O) groups excluding carboxylic acids is 1. The number of allylic oxidation sites excluding steroid dienone is 4. The van der Waals surface area contributed by atoms with E-state index in [0.29, 0.717) is 4.48 Å². The SMILES string of the molecule is CC1=C(N)C(=N)C(=O)C(Br)=C1. The molecule has 3 nitrogen and oxygen atoms in total. The minimum Gasteiger partial charge on any atom is -0.397 e. The Kier molecular flexibility index (Phi) is 1.95. The van der Waals surface area contributed by atoms with E-state index < -0.39 is 0 Å². The third-order valence-corrected chi connectivity index (χ3v) is 2.07. The Morgan fingerprint density at radius 1 is 1.64 bits per heavy atom. The molecule has 0 saturated heterocycles. The fraction of sp³-hybridized carbons (Fsp3) is 0.143. The lowest BCUT2D eigenvalue weighted by molar-refractivity contribution is -0.109. The number of ketones is 1. The second-order valence-corrected chi connectivity index (χ2v) is 3.15. The topological polar surface area (TPSA) is 66.9 Å². The average molecular weight is 215 g/mol. The Hall–Kier alpha value is -0.900. The van der Waals surface area contributed by atoms with Crippen molar-refractivity contribution < 1.29 is 4.79 Å². The standard InChI is InChI=1S/C7H7BrN2O/c1-3-2-4(8)7(11)6(10)5(3)9/h2,10H,9H2,1H3. The summed E-state index contributed by atoms with van der Waals surface area (Å²) in [7, 11) is 0. The highest BCUT2D eigenvalue weighted by molar-refractivity contribution is 9.12. The smallest absolute Gasteiger partial charge is 0.219 e. The molecule has 0 atom stereocenters. The van der Waals surface area contributed by atoms with E-state index in [9.17, 15) is 4.79 Å². The molecule has 0 radical (unpaired) electrons. The Morgan fingerprint density at radius 2 is 2.18 bits per heavy atom. The number of nitrogens with two attached hydrogens (primary N) is 1. The van der Waals surface area contributed by atoms with Gasteiger partial charge in [-0.3, -0.25) is 10.2 Å². The minimum atomic E-state index is -0.354. The Balaban J connectivity index is 3.22. The Bertz CT molecular complexity index is 298. The maximum absolute atomic E-state index is 11.0. The summed E-state index contributed by atoms with van der Waals surface area (Å²) in [6, 6.07) is 0. The normalized spacial score (nSPS) is 18.9. The predicted octanol–water partition coefficient (Wildman–Crippen LogP) is 1.10. The van der Waals surface area contributed by atoms with Gasteiger partial charge in [0.1, 0.15) is 5.71 Å². The van der Waals surface area contributed by atoms with Gasteiger partial charge in [0, 0.05) is 0 Å². The Labute approximate surface area is 72.6 Å². The molecule has 0 unspecified atom stereocenters. The van der Waals surface area contributed by atoms with E-state index in [-0.39, 0.29) is 17.2 Å². The molecule has 0 fully saturated rings. The molecule has 3 N–H and O–H groups in total. The second-order valence-electron chi connectivity index (χ2n) is 2.29. The largest absolute Gasteiger partial charge is 0.397 e. The number of hydrogen-bond donors (Lipinski definition) is 2. The van der Waals surface area contributed by atoms with E-state index in [2.05, 4.69) is 15.9 Å². The van der Waals surface area contributed by atoms with Crippen molar-refractivity contribution in [3.05, 3.63) is 21.8 Å². The van der Waals surface area contributed by atoms with E-state index in [1.807, 2.05) is 0 Å². The number of hydrogen-bond acceptors (Lipinski definition) is 3. The number of carbonyl (C=O) groups is 1. The van der Waals surface area contributed by atoms with Gasteiger partial charge >= 0.3 is 0 Å². The Morgan fingerprint density at radius 3 is 2.73 bits per heavy atom. The zero-order valence-corrected chi connectivity index (χ0v) is 7.53. The van der Waals surface area contributed by atoms with Gasteiger partial charge in [-0.15, -0.1) is 0 Å². The summed E-state index contributed by atoms with van der Waals surface area (Å²) in [5.74, 6) is -0.354. The summed E-state index contributed by atoms with van der Waals surface area (Å²) in [4.78, 5) is 11.0. The summed E-state index contributed by atoms with van der Waals surface area (Å²) in [6.45, 7) is 1.76. The molecule has 0 saturated carbocycles.